The molecule has 1 saturated heterocycles. The molecule has 0 bridgehead atoms. The van der Waals surface area contributed by atoms with Gasteiger partial charge in [0.05, 0.1) is 20.3 Å². The number of anilines is 1. The van der Waals surface area contributed by atoms with Crippen molar-refractivity contribution in [3.05, 3.63) is 48.5 Å². The molecule has 1 amide bonds. The first kappa shape index (κ1) is 21.6. The van der Waals surface area contributed by atoms with E-state index in [9.17, 15) is 13.2 Å². The third-order valence-corrected chi connectivity index (χ3v) is 7.31. The molecule has 0 aliphatic carbocycles. The minimum atomic E-state index is -3.74. The van der Waals surface area contributed by atoms with E-state index in [1.165, 1.54) is 17.5 Å². The molecule has 156 valence electrons. The van der Waals surface area contributed by atoms with Gasteiger partial charge in [-0.2, -0.15) is 4.31 Å². The zero-order valence-corrected chi connectivity index (χ0v) is 17.8. The summed E-state index contributed by atoms with van der Waals surface area (Å²) < 4.78 is 37.9. The van der Waals surface area contributed by atoms with Gasteiger partial charge in [-0.1, -0.05) is 18.2 Å². The highest BCUT2D eigenvalue weighted by molar-refractivity contribution is 7.99. The second-order valence-electron chi connectivity index (χ2n) is 6.34. The summed E-state index contributed by atoms with van der Waals surface area (Å²) in [5, 5.41) is 2.78. The van der Waals surface area contributed by atoms with E-state index in [2.05, 4.69) is 5.32 Å². The van der Waals surface area contributed by atoms with Crippen molar-refractivity contribution in [3.8, 4) is 5.75 Å². The number of carbonyl (C=O) groups is 1. The Balaban J connectivity index is 1.67. The van der Waals surface area contributed by atoms with Gasteiger partial charge in [-0.25, -0.2) is 8.42 Å². The van der Waals surface area contributed by atoms with Crippen LogP contribution in [0.15, 0.2) is 58.3 Å². The van der Waals surface area contributed by atoms with Crippen LogP contribution < -0.4 is 10.1 Å². The number of hydrogen-bond donors (Lipinski definition) is 1. The Hall–Kier alpha value is -2.07. The van der Waals surface area contributed by atoms with Gasteiger partial charge in [-0.05, 0) is 30.3 Å². The Labute approximate surface area is 175 Å². The molecule has 29 heavy (non-hydrogen) atoms. The fourth-order valence-electron chi connectivity index (χ4n) is 2.88. The number of nitrogens with zero attached hydrogens (tertiary/aromatic N) is 1. The third-order valence-electron chi connectivity index (χ3n) is 4.38. The lowest BCUT2D eigenvalue weighted by molar-refractivity contribution is -0.115. The van der Waals surface area contributed by atoms with E-state index in [1.54, 1.807) is 23.9 Å². The maximum Gasteiger partial charge on any atom is 0.246 e. The van der Waals surface area contributed by atoms with Gasteiger partial charge in [0, 0.05) is 35.8 Å². The Morgan fingerprint density at radius 3 is 2.59 bits per heavy atom. The average Bonchev–Trinajstić information content (AvgIpc) is 2.75. The molecule has 0 atom stereocenters. The second-order valence-corrected chi connectivity index (χ2v) is 9.42. The smallest absolute Gasteiger partial charge is 0.246 e. The zero-order valence-electron chi connectivity index (χ0n) is 16.2. The molecule has 9 heteroatoms. The quantitative estimate of drug-likeness (QED) is 0.641. The second kappa shape index (κ2) is 10.1. The van der Waals surface area contributed by atoms with Crippen molar-refractivity contribution < 1.29 is 22.7 Å². The molecule has 1 fully saturated rings. The molecular formula is C20H24N2O5S2. The van der Waals surface area contributed by atoms with E-state index in [0.29, 0.717) is 44.2 Å². The van der Waals surface area contributed by atoms with E-state index in [-0.39, 0.29) is 16.6 Å². The number of ether oxygens (including phenoxy) is 2. The number of morpholine rings is 1. The third kappa shape index (κ3) is 5.72. The SMILES string of the molecule is COc1ccc(NC(=O)CCSc2ccccc2)cc1S(=O)(=O)N1CCOCC1. The zero-order chi connectivity index (χ0) is 20.7. The average molecular weight is 437 g/mol. The summed E-state index contributed by atoms with van der Waals surface area (Å²) in [5.74, 6) is 0.702. The largest absolute Gasteiger partial charge is 0.495 e. The van der Waals surface area contributed by atoms with Crippen molar-refractivity contribution in [2.75, 3.05) is 44.5 Å². The van der Waals surface area contributed by atoms with Crippen LogP contribution in [0.25, 0.3) is 0 Å². The van der Waals surface area contributed by atoms with Crippen LogP contribution >= 0.6 is 11.8 Å². The number of methoxy groups -OCH3 is 1. The molecule has 7 nitrogen and oxygen atoms in total. The normalized spacial score (nSPS) is 15.1. The molecule has 2 aromatic rings. The lowest BCUT2D eigenvalue weighted by atomic mass is 10.3. The van der Waals surface area contributed by atoms with E-state index in [4.69, 9.17) is 9.47 Å². The number of thioether (sulfide) groups is 1. The fourth-order valence-corrected chi connectivity index (χ4v) is 5.35. The summed E-state index contributed by atoms with van der Waals surface area (Å²) in [6.45, 7) is 1.30. The number of rotatable bonds is 8. The van der Waals surface area contributed by atoms with Crippen LogP contribution in [0.2, 0.25) is 0 Å². The molecule has 0 spiro atoms. The van der Waals surface area contributed by atoms with Crippen LogP contribution in [-0.4, -0.2) is 57.8 Å². The number of carbonyl (C=O) groups excluding carboxylic acids is 1. The summed E-state index contributed by atoms with van der Waals surface area (Å²) in [5.41, 5.74) is 0.423. The van der Waals surface area contributed by atoms with Gasteiger partial charge in [-0.3, -0.25) is 4.79 Å². The molecule has 1 aliphatic heterocycles. The summed E-state index contributed by atoms with van der Waals surface area (Å²) in [4.78, 5) is 13.4. The Bertz CT molecular complexity index is 929. The highest BCUT2D eigenvalue weighted by Crippen LogP contribution is 2.30. The summed E-state index contributed by atoms with van der Waals surface area (Å²) in [7, 11) is -2.32. The molecule has 2 aromatic carbocycles. The Morgan fingerprint density at radius 2 is 1.90 bits per heavy atom. The molecule has 0 unspecified atom stereocenters. The lowest BCUT2D eigenvalue weighted by Crippen LogP contribution is -2.40. The number of hydrogen-bond acceptors (Lipinski definition) is 6. The van der Waals surface area contributed by atoms with Gasteiger partial charge >= 0.3 is 0 Å². The lowest BCUT2D eigenvalue weighted by Gasteiger charge is -2.26. The molecule has 3 rings (SSSR count). The molecule has 0 radical (unpaired) electrons. The van der Waals surface area contributed by atoms with Crippen molar-refractivity contribution in [2.24, 2.45) is 0 Å². The monoisotopic (exact) mass is 436 g/mol. The fraction of sp³-hybridized carbons (Fsp3) is 0.350. The standard InChI is InChI=1S/C20H24N2O5S2/c1-26-18-8-7-16(15-19(18)29(24,25)22-10-12-27-13-11-22)21-20(23)9-14-28-17-5-3-2-4-6-17/h2-8,15H,9-14H2,1H3,(H,21,23). The molecule has 0 aromatic heterocycles. The van der Waals surface area contributed by atoms with Crippen molar-refractivity contribution in [1.82, 2.24) is 4.31 Å². The van der Waals surface area contributed by atoms with Gasteiger partial charge in [0.1, 0.15) is 10.6 Å². The van der Waals surface area contributed by atoms with E-state index >= 15 is 0 Å². The van der Waals surface area contributed by atoms with E-state index < -0.39 is 10.0 Å². The Kier molecular flexibility index (Phi) is 7.54. The first-order chi connectivity index (χ1) is 14.0. The predicted octanol–water partition coefficient (Wildman–Crippen LogP) is 2.84. The van der Waals surface area contributed by atoms with Crippen molar-refractivity contribution in [2.45, 2.75) is 16.2 Å². The molecular weight excluding hydrogens is 412 g/mol. The molecule has 1 heterocycles. The van der Waals surface area contributed by atoms with Crippen molar-refractivity contribution >= 4 is 33.4 Å². The molecule has 1 N–H and O–H groups in total. The number of nitrogens with one attached hydrogen (secondary N) is 1. The van der Waals surface area contributed by atoms with Gasteiger partial charge in [0.2, 0.25) is 15.9 Å². The number of benzene rings is 2. The van der Waals surface area contributed by atoms with Crippen LogP contribution in [0.1, 0.15) is 6.42 Å². The Morgan fingerprint density at radius 1 is 1.17 bits per heavy atom. The summed E-state index contributed by atoms with van der Waals surface area (Å²) in [6, 6.07) is 14.5. The van der Waals surface area contributed by atoms with Crippen LogP contribution in [0, 0.1) is 0 Å². The van der Waals surface area contributed by atoms with Gasteiger partial charge < -0.3 is 14.8 Å². The topological polar surface area (TPSA) is 84.9 Å². The van der Waals surface area contributed by atoms with Crippen molar-refractivity contribution in [3.63, 3.8) is 0 Å². The minimum absolute atomic E-state index is 0.0401. The van der Waals surface area contributed by atoms with Crippen molar-refractivity contribution in [1.29, 1.82) is 0 Å². The van der Waals surface area contributed by atoms with Gasteiger partial charge in [0.15, 0.2) is 0 Å². The summed E-state index contributed by atoms with van der Waals surface area (Å²) >= 11 is 1.60. The first-order valence-electron chi connectivity index (χ1n) is 9.24. The number of amides is 1. The van der Waals surface area contributed by atoms with E-state index in [1.807, 2.05) is 30.3 Å². The van der Waals surface area contributed by atoms with Crippen LogP contribution in [0.5, 0.6) is 5.75 Å². The van der Waals surface area contributed by atoms with Crippen LogP contribution in [-0.2, 0) is 19.6 Å². The first-order valence-corrected chi connectivity index (χ1v) is 11.7. The summed E-state index contributed by atoms with van der Waals surface area (Å²) in [6.07, 6.45) is 0.317. The maximum atomic E-state index is 13.0. The highest BCUT2D eigenvalue weighted by Gasteiger charge is 2.29. The van der Waals surface area contributed by atoms with Gasteiger partial charge in [0.25, 0.3) is 0 Å². The minimum Gasteiger partial charge on any atom is -0.495 e. The maximum absolute atomic E-state index is 13.0. The number of sulfonamides is 1. The molecule has 1 aliphatic rings. The van der Waals surface area contributed by atoms with E-state index in [0.717, 1.165) is 4.90 Å². The highest BCUT2D eigenvalue weighted by atomic mass is 32.2. The predicted molar refractivity (Wildman–Crippen MR) is 113 cm³/mol. The molecule has 0 saturated carbocycles. The van der Waals surface area contributed by atoms with Gasteiger partial charge in [-0.15, -0.1) is 11.8 Å². The van der Waals surface area contributed by atoms with Crippen LogP contribution in [0.3, 0.4) is 0 Å². The van der Waals surface area contributed by atoms with Crippen LogP contribution in [0.4, 0.5) is 5.69 Å².